The molecule has 5 nitrogen and oxygen atoms in total. The van der Waals surface area contributed by atoms with Crippen LogP contribution in [-0.4, -0.2) is 28.1 Å². The van der Waals surface area contributed by atoms with Gasteiger partial charge in [0.25, 0.3) is 5.91 Å². The van der Waals surface area contributed by atoms with Gasteiger partial charge in [-0.2, -0.15) is 5.10 Å². The number of carbonyl (C=O) groups excluding carboxylic acids is 1. The van der Waals surface area contributed by atoms with Gasteiger partial charge in [0.1, 0.15) is 5.75 Å². The standard InChI is InChI=1S/C22H23ClF3N3O2/c1-29-20(13-2-4-16(5-3-13)31-22(24,25)26)17(23)19(28-29)21(30)27-18-14-7-11-6-12(9-14)10-15(18)8-11/h2-5,11-12,14-15,18H,6-10H2,1H3,(H,27,30). The molecule has 9 heteroatoms. The van der Waals surface area contributed by atoms with E-state index >= 15 is 0 Å². The Balaban J connectivity index is 1.34. The molecule has 0 unspecified atom stereocenters. The number of aromatic nitrogens is 2. The minimum absolute atomic E-state index is 0.142. The SMILES string of the molecule is Cn1nc(C(=O)NC2C3CC4CC(C3)CC2C4)c(Cl)c1-c1ccc(OC(F)(F)F)cc1. The highest BCUT2D eigenvalue weighted by molar-refractivity contribution is 6.36. The molecule has 0 radical (unpaired) electrons. The molecule has 0 spiro atoms. The second-order valence-corrected chi connectivity index (χ2v) is 9.51. The van der Waals surface area contributed by atoms with Crippen LogP contribution in [0.5, 0.6) is 5.75 Å². The number of hydrogen-bond acceptors (Lipinski definition) is 3. The number of ether oxygens (including phenoxy) is 1. The summed E-state index contributed by atoms with van der Waals surface area (Å²) in [6, 6.07) is 5.51. The van der Waals surface area contributed by atoms with Crippen molar-refractivity contribution in [2.75, 3.05) is 0 Å². The number of nitrogens with zero attached hydrogens (tertiary/aromatic N) is 2. The molecule has 4 saturated carbocycles. The number of amides is 1. The molecule has 4 fully saturated rings. The highest BCUT2D eigenvalue weighted by Gasteiger charge is 2.48. The fourth-order valence-electron chi connectivity index (χ4n) is 6.15. The van der Waals surface area contributed by atoms with Gasteiger partial charge in [0.2, 0.25) is 0 Å². The first kappa shape index (κ1) is 20.7. The Kier molecular flexibility index (Phi) is 4.95. The van der Waals surface area contributed by atoms with Crippen LogP contribution in [0.2, 0.25) is 5.02 Å². The second-order valence-electron chi connectivity index (χ2n) is 9.14. The molecule has 1 N–H and O–H groups in total. The van der Waals surface area contributed by atoms with Crippen molar-refractivity contribution in [1.29, 1.82) is 0 Å². The molecular formula is C22H23ClF3N3O2. The van der Waals surface area contributed by atoms with E-state index in [9.17, 15) is 18.0 Å². The zero-order valence-electron chi connectivity index (χ0n) is 17.0. The number of hydrogen-bond donors (Lipinski definition) is 1. The molecule has 4 aliphatic rings. The minimum Gasteiger partial charge on any atom is -0.406 e. The first-order chi connectivity index (χ1) is 14.7. The maximum atomic E-state index is 13.0. The predicted octanol–water partition coefficient (Wildman–Crippen LogP) is 5.19. The molecular weight excluding hydrogens is 431 g/mol. The summed E-state index contributed by atoms with van der Waals surface area (Å²) >= 11 is 6.52. The van der Waals surface area contributed by atoms with Crippen molar-refractivity contribution >= 4 is 17.5 Å². The lowest BCUT2D eigenvalue weighted by molar-refractivity contribution is -0.274. The molecule has 1 aromatic carbocycles. The van der Waals surface area contributed by atoms with Crippen molar-refractivity contribution in [2.45, 2.75) is 44.5 Å². The van der Waals surface area contributed by atoms with Crippen LogP contribution in [0, 0.1) is 23.7 Å². The van der Waals surface area contributed by atoms with E-state index in [-0.39, 0.29) is 28.4 Å². The Hall–Kier alpha value is -2.22. The molecule has 1 heterocycles. The van der Waals surface area contributed by atoms with Crippen molar-refractivity contribution < 1.29 is 22.7 Å². The number of aryl methyl sites for hydroxylation is 1. The monoisotopic (exact) mass is 453 g/mol. The molecule has 166 valence electrons. The second kappa shape index (κ2) is 7.43. The van der Waals surface area contributed by atoms with Crippen molar-refractivity contribution in [3.05, 3.63) is 35.0 Å². The third-order valence-electron chi connectivity index (χ3n) is 7.09. The van der Waals surface area contributed by atoms with Gasteiger partial charge in [0, 0.05) is 18.7 Å². The third kappa shape index (κ3) is 3.90. The van der Waals surface area contributed by atoms with Crippen LogP contribution in [0.1, 0.15) is 42.6 Å². The Morgan fingerprint density at radius 2 is 1.68 bits per heavy atom. The van der Waals surface area contributed by atoms with E-state index < -0.39 is 6.36 Å². The summed E-state index contributed by atoms with van der Waals surface area (Å²) in [4.78, 5) is 13.0. The van der Waals surface area contributed by atoms with Crippen molar-refractivity contribution in [3.8, 4) is 17.0 Å². The van der Waals surface area contributed by atoms with E-state index in [1.165, 1.54) is 61.1 Å². The van der Waals surface area contributed by atoms with Gasteiger partial charge >= 0.3 is 6.36 Å². The summed E-state index contributed by atoms with van der Waals surface area (Å²) in [5.74, 6) is 2.07. The van der Waals surface area contributed by atoms with Crippen LogP contribution in [0.25, 0.3) is 11.3 Å². The molecule has 0 saturated heterocycles. The molecule has 6 rings (SSSR count). The van der Waals surface area contributed by atoms with Gasteiger partial charge in [-0.25, -0.2) is 0 Å². The van der Waals surface area contributed by atoms with Crippen LogP contribution in [0.3, 0.4) is 0 Å². The van der Waals surface area contributed by atoms with E-state index in [1.54, 1.807) is 7.05 Å². The number of halogens is 4. The summed E-state index contributed by atoms with van der Waals surface area (Å²) in [7, 11) is 1.65. The average molecular weight is 454 g/mol. The molecule has 0 aliphatic heterocycles. The van der Waals surface area contributed by atoms with Gasteiger partial charge in [0.05, 0.1) is 10.7 Å². The first-order valence-corrected chi connectivity index (χ1v) is 10.9. The van der Waals surface area contributed by atoms with E-state index in [2.05, 4.69) is 15.2 Å². The van der Waals surface area contributed by atoms with Crippen LogP contribution in [0.4, 0.5) is 13.2 Å². The largest absolute Gasteiger partial charge is 0.573 e. The summed E-state index contributed by atoms with van der Waals surface area (Å²) < 4.78 is 42.5. The number of alkyl halides is 3. The van der Waals surface area contributed by atoms with Gasteiger partial charge in [-0.1, -0.05) is 11.6 Å². The van der Waals surface area contributed by atoms with Crippen LogP contribution in [0.15, 0.2) is 24.3 Å². The van der Waals surface area contributed by atoms with Gasteiger partial charge in [-0.15, -0.1) is 13.2 Å². The van der Waals surface area contributed by atoms with E-state index in [1.807, 2.05) is 0 Å². The Morgan fingerprint density at radius 3 is 2.23 bits per heavy atom. The van der Waals surface area contributed by atoms with E-state index in [0.29, 0.717) is 23.1 Å². The molecule has 4 aliphatic carbocycles. The highest BCUT2D eigenvalue weighted by Crippen LogP contribution is 2.53. The Bertz CT molecular complexity index is 975. The van der Waals surface area contributed by atoms with Crippen LogP contribution >= 0.6 is 11.6 Å². The molecule has 2 aromatic rings. The molecule has 0 atom stereocenters. The maximum Gasteiger partial charge on any atom is 0.573 e. The normalized spacial score (nSPS) is 29.3. The summed E-state index contributed by atoms with van der Waals surface area (Å²) in [6.07, 6.45) is 1.33. The zero-order valence-corrected chi connectivity index (χ0v) is 17.7. The quantitative estimate of drug-likeness (QED) is 0.692. The summed E-state index contributed by atoms with van der Waals surface area (Å²) in [5, 5.41) is 7.70. The van der Waals surface area contributed by atoms with Gasteiger partial charge < -0.3 is 10.1 Å². The van der Waals surface area contributed by atoms with Gasteiger partial charge in [0.15, 0.2) is 5.69 Å². The van der Waals surface area contributed by atoms with Crippen molar-refractivity contribution in [3.63, 3.8) is 0 Å². The molecule has 1 aromatic heterocycles. The maximum absolute atomic E-state index is 13.0. The number of rotatable bonds is 4. The molecule has 31 heavy (non-hydrogen) atoms. The average Bonchev–Trinajstić information content (AvgIpc) is 2.98. The van der Waals surface area contributed by atoms with E-state index in [0.717, 1.165) is 11.8 Å². The number of nitrogens with one attached hydrogen (secondary N) is 1. The summed E-state index contributed by atoms with van der Waals surface area (Å²) in [6.45, 7) is 0. The smallest absolute Gasteiger partial charge is 0.406 e. The van der Waals surface area contributed by atoms with Gasteiger partial charge in [-0.05, 0) is 80.0 Å². The third-order valence-corrected chi connectivity index (χ3v) is 7.45. The lowest BCUT2D eigenvalue weighted by atomic mass is 9.54. The van der Waals surface area contributed by atoms with Crippen LogP contribution in [-0.2, 0) is 7.05 Å². The highest BCUT2D eigenvalue weighted by atomic mass is 35.5. The van der Waals surface area contributed by atoms with E-state index in [4.69, 9.17) is 11.6 Å². The van der Waals surface area contributed by atoms with Crippen LogP contribution < -0.4 is 10.1 Å². The van der Waals surface area contributed by atoms with Gasteiger partial charge in [-0.3, -0.25) is 9.48 Å². The zero-order chi connectivity index (χ0) is 21.9. The lowest BCUT2D eigenvalue weighted by Gasteiger charge is -2.54. The number of benzene rings is 1. The topological polar surface area (TPSA) is 56.2 Å². The minimum atomic E-state index is -4.76. The van der Waals surface area contributed by atoms with Crippen molar-refractivity contribution in [1.82, 2.24) is 15.1 Å². The fraction of sp³-hybridized carbons (Fsp3) is 0.545. The Labute approximate surface area is 182 Å². The number of carbonyl (C=O) groups is 1. The molecule has 4 bridgehead atoms. The lowest BCUT2D eigenvalue weighted by Crippen LogP contribution is -2.55. The first-order valence-electron chi connectivity index (χ1n) is 10.6. The summed E-state index contributed by atoms with van der Waals surface area (Å²) in [5.41, 5.74) is 1.15. The Morgan fingerprint density at radius 1 is 1.10 bits per heavy atom. The fourth-order valence-corrected chi connectivity index (χ4v) is 6.51. The molecule has 1 amide bonds. The van der Waals surface area contributed by atoms with Crippen molar-refractivity contribution in [2.24, 2.45) is 30.7 Å². The predicted molar refractivity (Wildman–Crippen MR) is 109 cm³/mol.